The molecule has 2 rings (SSSR count). The number of halogens is 3. The Bertz CT molecular complexity index is 551. The molecule has 5 heteroatoms. The summed E-state index contributed by atoms with van der Waals surface area (Å²) in [6.07, 6.45) is 0. The van der Waals surface area contributed by atoms with Gasteiger partial charge in [0, 0.05) is 21.9 Å². The molecule has 1 aromatic heterocycles. The molecule has 1 heterocycles. The normalized spacial score (nSPS) is 10.9. The molecule has 0 fully saturated rings. The zero-order valence-electron chi connectivity index (χ0n) is 9.77. The van der Waals surface area contributed by atoms with E-state index in [1.165, 1.54) is 17.4 Å². The summed E-state index contributed by atoms with van der Waals surface area (Å²) in [5.74, 6) is -3.72. The van der Waals surface area contributed by atoms with Gasteiger partial charge in [-0.1, -0.05) is 6.92 Å². The zero-order valence-corrected chi connectivity index (χ0v) is 10.6. The lowest BCUT2D eigenvalue weighted by molar-refractivity contribution is 0.449. The molecule has 0 saturated carbocycles. The first kappa shape index (κ1) is 13.1. The molecule has 0 aliphatic rings. The third-order valence-corrected chi connectivity index (χ3v) is 3.63. The Kier molecular flexibility index (Phi) is 4.04. The van der Waals surface area contributed by atoms with Crippen LogP contribution >= 0.6 is 11.3 Å². The van der Waals surface area contributed by atoms with Gasteiger partial charge in [-0.3, -0.25) is 0 Å². The summed E-state index contributed by atoms with van der Waals surface area (Å²) in [4.78, 5) is 1.62. The van der Waals surface area contributed by atoms with Crippen LogP contribution in [0.25, 0.3) is 10.4 Å². The van der Waals surface area contributed by atoms with Crippen molar-refractivity contribution in [2.75, 3.05) is 6.54 Å². The van der Waals surface area contributed by atoms with Gasteiger partial charge < -0.3 is 5.32 Å². The molecular formula is C13H12F3NS. The fourth-order valence-corrected chi connectivity index (χ4v) is 2.58. The summed E-state index contributed by atoms with van der Waals surface area (Å²) in [5.41, 5.74) is 0.0987. The van der Waals surface area contributed by atoms with Crippen LogP contribution in [0.3, 0.4) is 0 Å². The van der Waals surface area contributed by atoms with Crippen LogP contribution in [0.15, 0.2) is 24.3 Å². The molecule has 18 heavy (non-hydrogen) atoms. The van der Waals surface area contributed by atoms with Crippen molar-refractivity contribution in [1.82, 2.24) is 5.32 Å². The maximum absolute atomic E-state index is 13.6. The summed E-state index contributed by atoms with van der Waals surface area (Å²) in [5, 5.41) is 3.15. The summed E-state index contributed by atoms with van der Waals surface area (Å²) >= 11 is 1.36. The fourth-order valence-electron chi connectivity index (χ4n) is 1.58. The van der Waals surface area contributed by atoms with E-state index in [9.17, 15) is 13.2 Å². The predicted molar refractivity (Wildman–Crippen MR) is 67.0 cm³/mol. The van der Waals surface area contributed by atoms with Crippen LogP contribution in [0.1, 0.15) is 11.8 Å². The standard InChI is InChI=1S/C13H12F3NS/c1-2-17-7-8-3-6-11(18-8)9-4-5-10(14)13(16)12(9)15/h3-6,17H,2,7H2,1H3. The molecule has 0 unspecified atom stereocenters. The maximum atomic E-state index is 13.6. The van der Waals surface area contributed by atoms with Crippen LogP contribution in [0, 0.1) is 17.5 Å². The Balaban J connectivity index is 2.31. The monoisotopic (exact) mass is 271 g/mol. The average molecular weight is 271 g/mol. The number of benzene rings is 1. The smallest absolute Gasteiger partial charge is 0.195 e. The van der Waals surface area contributed by atoms with Gasteiger partial charge in [-0.15, -0.1) is 11.3 Å². The summed E-state index contributed by atoms with van der Waals surface area (Å²) in [6, 6.07) is 5.77. The van der Waals surface area contributed by atoms with Gasteiger partial charge in [0.1, 0.15) is 0 Å². The Labute approximate surface area is 107 Å². The van der Waals surface area contributed by atoms with E-state index in [1.807, 2.05) is 13.0 Å². The van der Waals surface area contributed by atoms with Crippen molar-refractivity contribution < 1.29 is 13.2 Å². The predicted octanol–water partition coefficient (Wildman–Crippen LogP) is 3.94. The van der Waals surface area contributed by atoms with Crippen molar-refractivity contribution in [3.8, 4) is 10.4 Å². The molecule has 1 N–H and O–H groups in total. The van der Waals surface area contributed by atoms with Gasteiger partial charge >= 0.3 is 0 Å². The van der Waals surface area contributed by atoms with Crippen molar-refractivity contribution in [2.24, 2.45) is 0 Å². The first-order chi connectivity index (χ1) is 8.63. The molecule has 1 aromatic carbocycles. The van der Waals surface area contributed by atoms with Gasteiger partial charge in [0.25, 0.3) is 0 Å². The van der Waals surface area contributed by atoms with Crippen LogP contribution in [-0.2, 0) is 6.54 Å². The Morgan fingerprint density at radius 1 is 1.06 bits per heavy atom. The van der Waals surface area contributed by atoms with E-state index in [2.05, 4.69) is 5.32 Å². The van der Waals surface area contributed by atoms with Crippen LogP contribution < -0.4 is 5.32 Å². The van der Waals surface area contributed by atoms with E-state index in [0.29, 0.717) is 11.4 Å². The highest BCUT2D eigenvalue weighted by atomic mass is 32.1. The number of hydrogen-bond donors (Lipinski definition) is 1. The van der Waals surface area contributed by atoms with E-state index < -0.39 is 17.5 Å². The maximum Gasteiger partial charge on any atom is 0.195 e. The SMILES string of the molecule is CCNCc1ccc(-c2ccc(F)c(F)c2F)s1. The lowest BCUT2D eigenvalue weighted by Gasteiger charge is -2.02. The molecule has 0 bridgehead atoms. The largest absolute Gasteiger partial charge is 0.312 e. The molecule has 1 nitrogen and oxygen atoms in total. The minimum Gasteiger partial charge on any atom is -0.312 e. The molecule has 2 aromatic rings. The van der Waals surface area contributed by atoms with Gasteiger partial charge in [-0.2, -0.15) is 0 Å². The minimum absolute atomic E-state index is 0.0987. The zero-order chi connectivity index (χ0) is 13.1. The molecule has 0 amide bonds. The third kappa shape index (κ3) is 2.57. The molecule has 0 aliphatic carbocycles. The summed E-state index contributed by atoms with van der Waals surface area (Å²) in [6.45, 7) is 3.52. The quantitative estimate of drug-likeness (QED) is 0.830. The molecule has 0 saturated heterocycles. The molecule has 0 spiro atoms. The van der Waals surface area contributed by atoms with Crippen LogP contribution in [-0.4, -0.2) is 6.54 Å². The van der Waals surface area contributed by atoms with Crippen LogP contribution in [0.2, 0.25) is 0 Å². The second-order valence-corrected chi connectivity index (χ2v) is 4.94. The number of thiophene rings is 1. The third-order valence-electron chi connectivity index (χ3n) is 2.51. The summed E-state index contributed by atoms with van der Waals surface area (Å²) in [7, 11) is 0. The van der Waals surface area contributed by atoms with Gasteiger partial charge in [-0.25, -0.2) is 13.2 Å². The topological polar surface area (TPSA) is 12.0 Å². The first-order valence-corrected chi connectivity index (χ1v) is 6.38. The van der Waals surface area contributed by atoms with Gasteiger partial charge in [0.15, 0.2) is 17.5 Å². The Hall–Kier alpha value is -1.33. The number of rotatable bonds is 4. The van der Waals surface area contributed by atoms with E-state index in [-0.39, 0.29) is 5.56 Å². The average Bonchev–Trinajstić information content (AvgIpc) is 2.82. The molecule has 0 atom stereocenters. The van der Waals surface area contributed by atoms with Crippen molar-refractivity contribution in [2.45, 2.75) is 13.5 Å². The van der Waals surface area contributed by atoms with Crippen molar-refractivity contribution in [3.63, 3.8) is 0 Å². The summed E-state index contributed by atoms with van der Waals surface area (Å²) < 4.78 is 39.5. The number of nitrogens with one attached hydrogen (secondary N) is 1. The molecular weight excluding hydrogens is 259 g/mol. The second kappa shape index (κ2) is 5.54. The highest BCUT2D eigenvalue weighted by Gasteiger charge is 2.15. The van der Waals surface area contributed by atoms with E-state index in [0.717, 1.165) is 17.5 Å². The first-order valence-electron chi connectivity index (χ1n) is 5.56. The lowest BCUT2D eigenvalue weighted by atomic mass is 10.1. The highest BCUT2D eigenvalue weighted by Crippen LogP contribution is 2.31. The van der Waals surface area contributed by atoms with Gasteiger partial charge in [-0.05, 0) is 30.8 Å². The molecule has 0 radical (unpaired) electrons. The van der Waals surface area contributed by atoms with Crippen molar-refractivity contribution in [3.05, 3.63) is 46.6 Å². The molecule has 0 aliphatic heterocycles. The second-order valence-electron chi connectivity index (χ2n) is 3.77. The van der Waals surface area contributed by atoms with E-state index in [1.54, 1.807) is 6.07 Å². The fraction of sp³-hybridized carbons (Fsp3) is 0.231. The highest BCUT2D eigenvalue weighted by molar-refractivity contribution is 7.15. The molecule has 96 valence electrons. The number of hydrogen-bond acceptors (Lipinski definition) is 2. The minimum atomic E-state index is -1.42. The Morgan fingerprint density at radius 3 is 2.56 bits per heavy atom. The van der Waals surface area contributed by atoms with Gasteiger partial charge in [0.2, 0.25) is 0 Å². The lowest BCUT2D eigenvalue weighted by Crippen LogP contribution is -2.10. The van der Waals surface area contributed by atoms with Crippen LogP contribution in [0.4, 0.5) is 13.2 Å². The van der Waals surface area contributed by atoms with E-state index >= 15 is 0 Å². The van der Waals surface area contributed by atoms with Crippen molar-refractivity contribution in [1.29, 1.82) is 0 Å². The Morgan fingerprint density at radius 2 is 1.83 bits per heavy atom. The van der Waals surface area contributed by atoms with Crippen molar-refractivity contribution >= 4 is 11.3 Å². The van der Waals surface area contributed by atoms with Crippen LogP contribution in [0.5, 0.6) is 0 Å². The van der Waals surface area contributed by atoms with Gasteiger partial charge in [0.05, 0.1) is 0 Å². The van der Waals surface area contributed by atoms with E-state index in [4.69, 9.17) is 0 Å².